The minimum absolute atomic E-state index is 0.112. The van der Waals surface area contributed by atoms with Gasteiger partial charge in [0.05, 0.1) is 5.56 Å². The Hall–Kier alpha value is -0.920. The number of sulfonamides is 1. The number of carboxylic acid groups (broad SMARTS) is 1. The first-order chi connectivity index (χ1) is 6.91. The normalized spacial score (nSPS) is 11.9. The molecule has 0 aliphatic carbocycles. The summed E-state index contributed by atoms with van der Waals surface area (Å²) >= 11 is 0.918. The zero-order valence-electron chi connectivity index (χ0n) is 8.30. The van der Waals surface area contributed by atoms with E-state index in [4.69, 9.17) is 5.11 Å². The molecule has 0 fully saturated rings. The van der Waals surface area contributed by atoms with E-state index in [1.165, 1.54) is 18.5 Å². The van der Waals surface area contributed by atoms with Crippen LogP contribution in [-0.2, 0) is 10.0 Å². The molecule has 1 heterocycles. The Morgan fingerprint density at radius 2 is 2.20 bits per heavy atom. The van der Waals surface area contributed by atoms with Gasteiger partial charge in [0.2, 0.25) is 0 Å². The maximum absolute atomic E-state index is 11.8. The molecule has 0 bridgehead atoms. The quantitative estimate of drug-likeness (QED) is 0.866. The van der Waals surface area contributed by atoms with Crippen LogP contribution in [0.3, 0.4) is 0 Å². The number of carbonyl (C=O) groups is 1. The average Bonchev–Trinajstić information content (AvgIpc) is 2.65. The minimum Gasteiger partial charge on any atom is -0.478 e. The molecule has 0 saturated carbocycles. The monoisotopic (exact) mass is 249 g/mol. The number of hydrogen-bond acceptors (Lipinski definition) is 4. The molecule has 1 aromatic heterocycles. The lowest BCUT2D eigenvalue weighted by Crippen LogP contribution is -2.27. The lowest BCUT2D eigenvalue weighted by atomic mass is 10.4. The topological polar surface area (TPSA) is 74.7 Å². The second-order valence-corrected chi connectivity index (χ2v) is 6.00. The Morgan fingerprint density at radius 1 is 1.60 bits per heavy atom. The van der Waals surface area contributed by atoms with Crippen molar-refractivity contribution in [3.05, 3.63) is 17.0 Å². The number of thiophene rings is 1. The second-order valence-electron chi connectivity index (χ2n) is 2.85. The molecular formula is C8H11NO4S2. The van der Waals surface area contributed by atoms with Crippen LogP contribution in [-0.4, -0.2) is 37.4 Å². The molecule has 0 unspecified atom stereocenters. The summed E-state index contributed by atoms with van der Waals surface area (Å²) in [6, 6.07) is 1.30. The van der Waals surface area contributed by atoms with Crippen molar-refractivity contribution in [3.8, 4) is 0 Å². The zero-order chi connectivity index (χ0) is 11.6. The Kier molecular flexibility index (Phi) is 3.48. The Balaban J connectivity index is 3.28. The third-order valence-corrected chi connectivity index (χ3v) is 5.34. The number of carboxylic acids is 1. The number of aromatic carboxylic acids is 1. The summed E-state index contributed by atoms with van der Waals surface area (Å²) in [5.41, 5.74) is -0.166. The molecule has 0 aromatic carbocycles. The molecule has 0 atom stereocenters. The van der Waals surface area contributed by atoms with Crippen LogP contribution < -0.4 is 0 Å². The van der Waals surface area contributed by atoms with E-state index in [0.29, 0.717) is 6.54 Å². The van der Waals surface area contributed by atoms with Gasteiger partial charge in [-0.2, -0.15) is 0 Å². The van der Waals surface area contributed by atoms with Crippen molar-refractivity contribution in [2.75, 3.05) is 13.6 Å². The van der Waals surface area contributed by atoms with E-state index >= 15 is 0 Å². The molecule has 5 nitrogen and oxygen atoms in total. The number of nitrogens with zero attached hydrogens (tertiary/aromatic N) is 1. The van der Waals surface area contributed by atoms with Crippen LogP contribution in [0.15, 0.2) is 15.7 Å². The minimum atomic E-state index is -3.65. The maximum atomic E-state index is 11.8. The number of rotatable bonds is 4. The smallest absolute Gasteiger partial charge is 0.337 e. The van der Waals surface area contributed by atoms with Crippen LogP contribution in [0.1, 0.15) is 17.3 Å². The molecule has 0 spiro atoms. The zero-order valence-corrected chi connectivity index (χ0v) is 9.93. The van der Waals surface area contributed by atoms with Gasteiger partial charge >= 0.3 is 5.97 Å². The van der Waals surface area contributed by atoms with Gasteiger partial charge in [-0.15, -0.1) is 11.3 Å². The summed E-state index contributed by atoms with van der Waals surface area (Å²) in [4.78, 5) is 10.8. The fourth-order valence-electron chi connectivity index (χ4n) is 0.965. The van der Waals surface area contributed by atoms with Crippen molar-refractivity contribution in [1.82, 2.24) is 4.31 Å². The van der Waals surface area contributed by atoms with Gasteiger partial charge in [0, 0.05) is 13.6 Å². The highest BCUT2D eigenvalue weighted by Gasteiger charge is 2.26. The predicted molar refractivity (Wildman–Crippen MR) is 56.8 cm³/mol. The van der Waals surface area contributed by atoms with Gasteiger partial charge in [-0.3, -0.25) is 0 Å². The van der Waals surface area contributed by atoms with Crippen molar-refractivity contribution in [2.45, 2.75) is 11.1 Å². The molecule has 7 heteroatoms. The van der Waals surface area contributed by atoms with Crippen molar-refractivity contribution >= 4 is 27.3 Å². The summed E-state index contributed by atoms with van der Waals surface area (Å²) in [7, 11) is -2.23. The fraction of sp³-hybridized carbons (Fsp3) is 0.375. The molecule has 1 aromatic rings. The van der Waals surface area contributed by atoms with E-state index < -0.39 is 16.0 Å². The molecule has 0 aliphatic heterocycles. The van der Waals surface area contributed by atoms with Gasteiger partial charge in [0.25, 0.3) is 10.0 Å². The van der Waals surface area contributed by atoms with Crippen molar-refractivity contribution < 1.29 is 18.3 Å². The maximum Gasteiger partial charge on any atom is 0.337 e. The molecule has 15 heavy (non-hydrogen) atoms. The van der Waals surface area contributed by atoms with Gasteiger partial charge in [-0.05, 0) is 11.4 Å². The lowest BCUT2D eigenvalue weighted by Gasteiger charge is -2.13. The van der Waals surface area contributed by atoms with E-state index in [1.54, 1.807) is 6.92 Å². The SMILES string of the molecule is CCN(C)S(=O)(=O)c1sccc1C(=O)O. The van der Waals surface area contributed by atoms with Gasteiger partial charge in [0.1, 0.15) is 4.21 Å². The van der Waals surface area contributed by atoms with Crippen molar-refractivity contribution in [2.24, 2.45) is 0 Å². The van der Waals surface area contributed by atoms with E-state index in [0.717, 1.165) is 15.6 Å². The Labute approximate surface area is 92.0 Å². The molecule has 0 saturated heterocycles. The molecule has 84 valence electrons. The first-order valence-corrected chi connectivity index (χ1v) is 6.50. The second kappa shape index (κ2) is 4.30. The summed E-state index contributed by atoms with van der Waals surface area (Å²) in [5.74, 6) is -1.22. The summed E-state index contributed by atoms with van der Waals surface area (Å²) in [6.07, 6.45) is 0. The van der Waals surface area contributed by atoms with E-state index in [-0.39, 0.29) is 9.77 Å². The highest BCUT2D eigenvalue weighted by molar-refractivity contribution is 7.91. The summed E-state index contributed by atoms with van der Waals surface area (Å²) in [5, 5.41) is 10.3. The van der Waals surface area contributed by atoms with Gasteiger partial charge in [-0.25, -0.2) is 17.5 Å². The molecule has 0 radical (unpaired) electrons. The van der Waals surface area contributed by atoms with E-state index in [2.05, 4.69) is 0 Å². The predicted octanol–water partition coefficient (Wildman–Crippen LogP) is 1.09. The lowest BCUT2D eigenvalue weighted by molar-refractivity contribution is 0.0693. The Morgan fingerprint density at radius 3 is 2.67 bits per heavy atom. The van der Waals surface area contributed by atoms with Gasteiger partial charge < -0.3 is 5.11 Å². The molecule has 1 rings (SSSR count). The van der Waals surface area contributed by atoms with Crippen LogP contribution in [0.4, 0.5) is 0 Å². The molecular weight excluding hydrogens is 238 g/mol. The fourth-order valence-corrected chi connectivity index (χ4v) is 3.67. The van der Waals surface area contributed by atoms with E-state index in [1.807, 2.05) is 0 Å². The number of hydrogen-bond donors (Lipinski definition) is 1. The van der Waals surface area contributed by atoms with Gasteiger partial charge in [0.15, 0.2) is 0 Å². The first-order valence-electron chi connectivity index (χ1n) is 4.18. The van der Waals surface area contributed by atoms with E-state index in [9.17, 15) is 13.2 Å². The van der Waals surface area contributed by atoms with Crippen molar-refractivity contribution in [3.63, 3.8) is 0 Å². The standard InChI is InChI=1S/C8H11NO4S2/c1-3-9(2)15(12,13)8-6(7(10)11)4-5-14-8/h4-5H,3H2,1-2H3,(H,10,11). The highest BCUT2D eigenvalue weighted by Crippen LogP contribution is 2.25. The first kappa shape index (κ1) is 12.2. The molecule has 0 amide bonds. The van der Waals surface area contributed by atoms with Crippen LogP contribution in [0.5, 0.6) is 0 Å². The van der Waals surface area contributed by atoms with Crippen LogP contribution >= 0.6 is 11.3 Å². The molecule has 1 N–H and O–H groups in total. The highest BCUT2D eigenvalue weighted by atomic mass is 32.2. The summed E-state index contributed by atoms with van der Waals surface area (Å²) in [6.45, 7) is 1.99. The van der Waals surface area contributed by atoms with Crippen LogP contribution in [0.2, 0.25) is 0 Å². The van der Waals surface area contributed by atoms with Crippen LogP contribution in [0.25, 0.3) is 0 Å². The molecule has 0 aliphatic rings. The largest absolute Gasteiger partial charge is 0.478 e. The average molecular weight is 249 g/mol. The Bertz CT molecular complexity index is 463. The van der Waals surface area contributed by atoms with Crippen LogP contribution in [0, 0.1) is 0 Å². The van der Waals surface area contributed by atoms with Gasteiger partial charge in [-0.1, -0.05) is 6.92 Å². The van der Waals surface area contributed by atoms with Crippen molar-refractivity contribution in [1.29, 1.82) is 0 Å². The summed E-state index contributed by atoms with van der Waals surface area (Å²) < 4.78 is 24.6. The third-order valence-electron chi connectivity index (χ3n) is 1.95. The third kappa shape index (κ3) is 2.19.